The summed E-state index contributed by atoms with van der Waals surface area (Å²) in [5.74, 6) is -0.250. The van der Waals surface area contributed by atoms with Crippen molar-refractivity contribution in [1.82, 2.24) is 4.98 Å². The van der Waals surface area contributed by atoms with Crippen LogP contribution in [0.2, 0.25) is 0 Å². The van der Waals surface area contributed by atoms with Gasteiger partial charge in [-0.2, -0.15) is 0 Å². The summed E-state index contributed by atoms with van der Waals surface area (Å²) in [6.07, 6.45) is 4.55. The van der Waals surface area contributed by atoms with Gasteiger partial charge in [0.25, 0.3) is 0 Å². The highest BCUT2D eigenvalue weighted by Crippen LogP contribution is 2.06. The Bertz CT molecular complexity index is 380. The summed E-state index contributed by atoms with van der Waals surface area (Å²) in [7, 11) is 0. The third-order valence-corrected chi connectivity index (χ3v) is 1.58. The molecule has 0 aliphatic heterocycles. The van der Waals surface area contributed by atoms with Gasteiger partial charge in [-0.05, 0) is 24.9 Å². The first-order valence-electron chi connectivity index (χ1n) is 5.04. The van der Waals surface area contributed by atoms with E-state index in [2.05, 4.69) is 23.3 Å². The molecule has 0 saturated carbocycles. The number of nitrogens with zero attached hydrogens (tertiary/aromatic N) is 2. The molecule has 0 saturated heterocycles. The number of Topliss-reactive ketones (excluding diaryl/α,β-unsaturated/α-hetero) is 1. The number of aliphatic imine (C=N–C) groups is 1. The molecule has 0 atom stereocenters. The molecular formula is C13H16N2O. The lowest BCUT2D eigenvalue weighted by Gasteiger charge is -1.98. The molecule has 0 amide bonds. The molecule has 3 nitrogen and oxygen atoms in total. The van der Waals surface area contributed by atoms with Crippen LogP contribution in [0.25, 0.3) is 0 Å². The van der Waals surface area contributed by atoms with Crippen molar-refractivity contribution in [2.24, 2.45) is 4.99 Å². The zero-order valence-corrected chi connectivity index (χ0v) is 9.68. The van der Waals surface area contributed by atoms with Gasteiger partial charge in [0, 0.05) is 6.20 Å². The number of allylic oxidation sites excluding steroid dienone is 3. The zero-order valence-electron chi connectivity index (χ0n) is 9.68. The fourth-order valence-electron chi connectivity index (χ4n) is 0.940. The Morgan fingerprint density at radius 3 is 2.56 bits per heavy atom. The van der Waals surface area contributed by atoms with Gasteiger partial charge in [-0.15, -0.1) is 0 Å². The second-order valence-electron chi connectivity index (χ2n) is 2.49. The van der Waals surface area contributed by atoms with E-state index >= 15 is 0 Å². The van der Waals surface area contributed by atoms with Crippen LogP contribution in [-0.2, 0) is 0 Å². The molecule has 0 aromatic carbocycles. The van der Waals surface area contributed by atoms with Gasteiger partial charge < -0.3 is 0 Å². The van der Waals surface area contributed by atoms with E-state index in [1.165, 1.54) is 12.2 Å². The van der Waals surface area contributed by atoms with Crippen LogP contribution in [0.1, 0.15) is 24.3 Å². The van der Waals surface area contributed by atoms with Crippen molar-refractivity contribution in [3.63, 3.8) is 0 Å². The van der Waals surface area contributed by atoms with E-state index in [4.69, 9.17) is 0 Å². The molecule has 0 unspecified atom stereocenters. The number of ketones is 1. The van der Waals surface area contributed by atoms with E-state index in [1.54, 1.807) is 24.4 Å². The Hall–Kier alpha value is -2.03. The normalized spacial score (nSPS) is 9.75. The molecule has 0 fully saturated rings. The van der Waals surface area contributed by atoms with Crippen molar-refractivity contribution >= 4 is 12.5 Å². The number of carbonyl (C=O) groups is 1. The minimum Gasteiger partial charge on any atom is -0.285 e. The smallest absolute Gasteiger partial charge is 0.229 e. The third kappa shape index (κ3) is 4.00. The lowest BCUT2D eigenvalue weighted by Crippen LogP contribution is -2.03. The Labute approximate surface area is 96.3 Å². The topological polar surface area (TPSA) is 42.3 Å². The molecule has 0 aliphatic rings. The number of rotatable bonds is 4. The first-order chi connectivity index (χ1) is 7.79. The second kappa shape index (κ2) is 8.29. The number of hydrogen-bond acceptors (Lipinski definition) is 3. The maximum absolute atomic E-state index is 11.7. The van der Waals surface area contributed by atoms with E-state index in [-0.39, 0.29) is 11.5 Å². The van der Waals surface area contributed by atoms with Crippen LogP contribution in [-0.4, -0.2) is 17.5 Å². The Kier molecular flexibility index (Phi) is 7.24. The fraction of sp³-hybridized carbons (Fsp3) is 0.154. The summed E-state index contributed by atoms with van der Waals surface area (Å²) in [6, 6.07) is 5.12. The first kappa shape index (κ1) is 14.0. The first-order valence-corrected chi connectivity index (χ1v) is 5.04. The van der Waals surface area contributed by atoms with Gasteiger partial charge in [-0.25, -0.2) is 0 Å². The lowest BCUT2D eigenvalue weighted by molar-refractivity contribution is 0.102. The molecule has 0 N–H and O–H groups in total. The van der Waals surface area contributed by atoms with Crippen LogP contribution >= 0.6 is 0 Å². The molecule has 1 heterocycles. The highest BCUT2D eigenvalue weighted by Gasteiger charge is 2.10. The van der Waals surface area contributed by atoms with Crippen LogP contribution in [0, 0.1) is 0 Å². The minimum absolute atomic E-state index is 0.249. The van der Waals surface area contributed by atoms with Crippen molar-refractivity contribution in [2.45, 2.75) is 13.8 Å². The van der Waals surface area contributed by atoms with Crippen LogP contribution in [0.5, 0.6) is 0 Å². The van der Waals surface area contributed by atoms with Gasteiger partial charge in [0.05, 0.1) is 0 Å². The summed E-state index contributed by atoms with van der Waals surface area (Å²) >= 11 is 0. The van der Waals surface area contributed by atoms with Gasteiger partial charge in [0.1, 0.15) is 11.4 Å². The van der Waals surface area contributed by atoms with Gasteiger partial charge in [-0.1, -0.05) is 32.6 Å². The summed E-state index contributed by atoms with van der Waals surface area (Å²) < 4.78 is 0. The minimum atomic E-state index is -0.250. The molecule has 1 aromatic heterocycles. The van der Waals surface area contributed by atoms with Crippen molar-refractivity contribution < 1.29 is 4.79 Å². The zero-order chi connectivity index (χ0) is 12.4. The standard InChI is InChI=1S/C11H10N2O.C2H6/c1-3-6-9(12-2)11(14)10-7-4-5-8-13-10;1-2/h3-8H,1-2H2;1-2H3/b9-6-;. The van der Waals surface area contributed by atoms with Crippen LogP contribution in [0.3, 0.4) is 0 Å². The highest BCUT2D eigenvalue weighted by molar-refractivity contribution is 6.07. The van der Waals surface area contributed by atoms with Gasteiger partial charge in [-0.3, -0.25) is 14.8 Å². The number of aromatic nitrogens is 1. The van der Waals surface area contributed by atoms with E-state index in [0.29, 0.717) is 5.69 Å². The molecule has 84 valence electrons. The summed E-state index contributed by atoms with van der Waals surface area (Å²) in [4.78, 5) is 19.2. The van der Waals surface area contributed by atoms with E-state index in [9.17, 15) is 4.79 Å². The van der Waals surface area contributed by atoms with Crippen LogP contribution in [0.4, 0.5) is 0 Å². The highest BCUT2D eigenvalue weighted by atomic mass is 16.1. The molecule has 0 bridgehead atoms. The third-order valence-electron chi connectivity index (χ3n) is 1.58. The predicted octanol–water partition coefficient (Wildman–Crippen LogP) is 3.06. The van der Waals surface area contributed by atoms with E-state index in [1.807, 2.05) is 13.8 Å². The molecule has 1 rings (SSSR count). The van der Waals surface area contributed by atoms with E-state index < -0.39 is 0 Å². The Morgan fingerprint density at radius 1 is 1.44 bits per heavy atom. The molecule has 16 heavy (non-hydrogen) atoms. The average Bonchev–Trinajstić information content (AvgIpc) is 2.38. The lowest BCUT2D eigenvalue weighted by atomic mass is 10.2. The summed E-state index contributed by atoms with van der Waals surface area (Å²) in [5.41, 5.74) is 0.603. The van der Waals surface area contributed by atoms with Gasteiger partial charge in [0.15, 0.2) is 0 Å². The SMILES string of the molecule is C=C/C=C(\N=C)C(=O)c1ccccn1.CC. The number of carbonyl (C=O) groups excluding carboxylic acids is 1. The maximum atomic E-state index is 11.7. The monoisotopic (exact) mass is 216 g/mol. The summed E-state index contributed by atoms with van der Waals surface area (Å²) in [5, 5.41) is 0. The largest absolute Gasteiger partial charge is 0.285 e. The van der Waals surface area contributed by atoms with E-state index in [0.717, 1.165) is 0 Å². The van der Waals surface area contributed by atoms with Crippen molar-refractivity contribution in [3.05, 3.63) is 54.5 Å². The molecule has 1 aromatic rings. The Morgan fingerprint density at radius 2 is 2.12 bits per heavy atom. The maximum Gasteiger partial charge on any atom is 0.229 e. The fourth-order valence-corrected chi connectivity index (χ4v) is 0.940. The average molecular weight is 216 g/mol. The van der Waals surface area contributed by atoms with Gasteiger partial charge in [0.2, 0.25) is 5.78 Å². The summed E-state index contributed by atoms with van der Waals surface area (Å²) in [6.45, 7) is 10.8. The van der Waals surface area contributed by atoms with Crippen molar-refractivity contribution in [1.29, 1.82) is 0 Å². The van der Waals surface area contributed by atoms with Gasteiger partial charge >= 0.3 is 0 Å². The van der Waals surface area contributed by atoms with Crippen molar-refractivity contribution in [2.75, 3.05) is 0 Å². The molecular weight excluding hydrogens is 200 g/mol. The van der Waals surface area contributed by atoms with Crippen molar-refractivity contribution in [3.8, 4) is 0 Å². The molecule has 3 heteroatoms. The van der Waals surface area contributed by atoms with Crippen LogP contribution in [0.15, 0.2) is 53.8 Å². The quantitative estimate of drug-likeness (QED) is 0.336. The second-order valence-corrected chi connectivity index (χ2v) is 2.49. The molecule has 0 spiro atoms. The Balaban J connectivity index is 0.00000106. The molecule has 0 aliphatic carbocycles. The predicted molar refractivity (Wildman–Crippen MR) is 67.7 cm³/mol. The number of pyridine rings is 1. The molecule has 0 radical (unpaired) electrons. The number of hydrogen-bond donors (Lipinski definition) is 0. The van der Waals surface area contributed by atoms with Crippen LogP contribution < -0.4 is 0 Å².